The van der Waals surface area contributed by atoms with Crippen molar-refractivity contribution in [3.63, 3.8) is 0 Å². The van der Waals surface area contributed by atoms with Crippen molar-refractivity contribution in [3.05, 3.63) is 107 Å². The molecule has 2 fully saturated rings. The molecule has 0 radical (unpaired) electrons. The zero-order chi connectivity index (χ0) is 24.3. The number of rotatable bonds is 7. The van der Waals surface area contributed by atoms with E-state index in [0.717, 1.165) is 18.7 Å². The molecule has 178 valence electrons. The van der Waals surface area contributed by atoms with E-state index in [1.54, 1.807) is 37.5 Å². The van der Waals surface area contributed by atoms with E-state index in [9.17, 15) is 9.59 Å². The maximum Gasteiger partial charge on any atom is 0.256 e. The van der Waals surface area contributed by atoms with Crippen molar-refractivity contribution in [2.75, 3.05) is 33.4 Å². The quantitative estimate of drug-likeness (QED) is 0.383. The molecule has 0 bridgehead atoms. The van der Waals surface area contributed by atoms with Crippen LogP contribution < -0.4 is 4.74 Å². The van der Waals surface area contributed by atoms with Crippen molar-refractivity contribution in [3.8, 4) is 5.75 Å². The van der Waals surface area contributed by atoms with Crippen molar-refractivity contribution >= 4 is 17.8 Å². The van der Waals surface area contributed by atoms with E-state index < -0.39 is 5.66 Å². The fourth-order valence-electron chi connectivity index (χ4n) is 4.75. The van der Waals surface area contributed by atoms with Crippen LogP contribution in [0, 0.1) is 0 Å². The number of amides is 1. The third kappa shape index (κ3) is 4.50. The maximum absolute atomic E-state index is 13.8. The van der Waals surface area contributed by atoms with Crippen LogP contribution in [0.5, 0.6) is 5.75 Å². The number of allylic oxidation sites excluding steroid dienone is 1. The van der Waals surface area contributed by atoms with E-state index in [4.69, 9.17) is 9.47 Å². The third-order valence-electron chi connectivity index (χ3n) is 6.79. The van der Waals surface area contributed by atoms with Crippen LogP contribution in [0.2, 0.25) is 0 Å². The smallest absolute Gasteiger partial charge is 0.256 e. The molecule has 3 aromatic rings. The molecule has 0 saturated carbocycles. The zero-order valence-electron chi connectivity index (χ0n) is 19.7. The molecule has 0 unspecified atom stereocenters. The number of benzene rings is 3. The molecule has 2 aliphatic rings. The Balaban J connectivity index is 1.35. The average Bonchev–Trinajstić information content (AvgIpc) is 3.27. The van der Waals surface area contributed by atoms with Crippen LogP contribution in [0.25, 0.3) is 6.08 Å². The highest BCUT2D eigenvalue weighted by Crippen LogP contribution is 2.36. The molecule has 0 aromatic heterocycles. The summed E-state index contributed by atoms with van der Waals surface area (Å²) in [7, 11) is 1.59. The van der Waals surface area contributed by atoms with E-state index in [2.05, 4.69) is 17.0 Å². The molecule has 6 heteroatoms. The first-order chi connectivity index (χ1) is 17.1. The van der Waals surface area contributed by atoms with Crippen molar-refractivity contribution in [1.82, 2.24) is 9.80 Å². The Bertz CT molecular complexity index is 1230. The molecule has 2 aliphatic heterocycles. The van der Waals surface area contributed by atoms with Gasteiger partial charge in [-0.25, -0.2) is 0 Å². The minimum atomic E-state index is -0.428. The van der Waals surface area contributed by atoms with E-state index in [1.165, 1.54) is 11.6 Å². The van der Waals surface area contributed by atoms with E-state index in [1.807, 2.05) is 47.4 Å². The van der Waals surface area contributed by atoms with Gasteiger partial charge in [-0.15, -0.1) is 0 Å². The van der Waals surface area contributed by atoms with Crippen LogP contribution in [-0.2, 0) is 11.3 Å². The van der Waals surface area contributed by atoms with Crippen LogP contribution in [0.1, 0.15) is 31.8 Å². The zero-order valence-corrected chi connectivity index (χ0v) is 19.7. The molecule has 0 atom stereocenters. The predicted octanol–water partition coefficient (Wildman–Crippen LogP) is 4.28. The van der Waals surface area contributed by atoms with E-state index >= 15 is 0 Å². The lowest BCUT2D eigenvalue weighted by atomic mass is 10.0. The third-order valence-corrected chi connectivity index (χ3v) is 6.79. The topological polar surface area (TPSA) is 59.1 Å². The summed E-state index contributed by atoms with van der Waals surface area (Å²) in [4.78, 5) is 30.7. The largest absolute Gasteiger partial charge is 0.497 e. The summed E-state index contributed by atoms with van der Waals surface area (Å²) in [6.07, 6.45) is 3.24. The Labute approximate surface area is 205 Å². The Hall–Kier alpha value is -3.74. The standard InChI is InChI=1S/C29H28N2O4/c1-34-25-14-11-24(12-15-25)27(32)16-13-23-9-5-6-10-26(23)28(33)31-18-17-30(29(31)20-35-21-29)19-22-7-3-2-4-8-22/h2-16H,17-21H2,1H3/b16-13+. The molecule has 35 heavy (non-hydrogen) atoms. The summed E-state index contributed by atoms with van der Waals surface area (Å²) in [6.45, 7) is 3.20. The Morgan fingerprint density at radius 2 is 1.66 bits per heavy atom. The first-order valence-electron chi connectivity index (χ1n) is 11.7. The van der Waals surface area contributed by atoms with Gasteiger partial charge in [0.1, 0.15) is 11.4 Å². The molecule has 3 aromatic carbocycles. The van der Waals surface area contributed by atoms with Crippen LogP contribution in [0.3, 0.4) is 0 Å². The fraction of sp³-hybridized carbons (Fsp3) is 0.241. The Morgan fingerprint density at radius 1 is 0.943 bits per heavy atom. The number of hydrogen-bond acceptors (Lipinski definition) is 5. The number of methoxy groups -OCH3 is 1. The second-order valence-corrected chi connectivity index (χ2v) is 8.85. The highest BCUT2D eigenvalue weighted by molar-refractivity contribution is 6.08. The summed E-state index contributed by atoms with van der Waals surface area (Å²) in [5, 5.41) is 0. The van der Waals surface area contributed by atoms with Gasteiger partial charge in [-0.3, -0.25) is 14.5 Å². The van der Waals surface area contributed by atoms with Crippen LogP contribution in [0.4, 0.5) is 0 Å². The summed E-state index contributed by atoms with van der Waals surface area (Å²) < 4.78 is 10.8. The normalized spacial score (nSPS) is 17.0. The Morgan fingerprint density at radius 3 is 2.34 bits per heavy atom. The summed E-state index contributed by atoms with van der Waals surface area (Å²) in [5.41, 5.74) is 2.65. The van der Waals surface area contributed by atoms with Crippen molar-refractivity contribution in [2.45, 2.75) is 12.2 Å². The summed E-state index contributed by atoms with van der Waals surface area (Å²) >= 11 is 0. The van der Waals surface area contributed by atoms with E-state index in [-0.39, 0.29) is 11.7 Å². The van der Waals surface area contributed by atoms with Gasteiger partial charge in [0.05, 0.1) is 20.3 Å². The lowest BCUT2D eigenvalue weighted by molar-refractivity contribution is -0.176. The number of ketones is 1. The van der Waals surface area contributed by atoms with Gasteiger partial charge in [0, 0.05) is 30.8 Å². The van der Waals surface area contributed by atoms with Crippen LogP contribution >= 0.6 is 0 Å². The number of ether oxygens (including phenoxy) is 2. The fourth-order valence-corrected chi connectivity index (χ4v) is 4.75. The SMILES string of the molecule is COc1ccc(C(=O)/C=C/c2ccccc2C(=O)N2CCN(Cc3ccccc3)C23COC3)cc1. The molecular weight excluding hydrogens is 440 g/mol. The van der Waals surface area contributed by atoms with Gasteiger partial charge < -0.3 is 14.4 Å². The van der Waals surface area contributed by atoms with Crippen molar-refractivity contribution in [2.24, 2.45) is 0 Å². The van der Waals surface area contributed by atoms with Crippen LogP contribution in [0.15, 0.2) is 84.9 Å². The molecule has 2 heterocycles. The van der Waals surface area contributed by atoms with E-state index in [0.29, 0.717) is 36.6 Å². The summed E-state index contributed by atoms with van der Waals surface area (Å²) in [5.74, 6) is 0.525. The van der Waals surface area contributed by atoms with Crippen LogP contribution in [-0.4, -0.2) is 60.6 Å². The molecule has 1 amide bonds. The molecule has 0 aliphatic carbocycles. The highest BCUT2D eigenvalue weighted by atomic mass is 16.5. The Kier molecular flexibility index (Phi) is 6.49. The van der Waals surface area contributed by atoms with Gasteiger partial charge in [0.2, 0.25) is 0 Å². The minimum absolute atomic E-state index is 0.0407. The molecule has 2 saturated heterocycles. The number of carbonyl (C=O) groups is 2. The lowest BCUT2D eigenvalue weighted by Crippen LogP contribution is -2.67. The van der Waals surface area contributed by atoms with Gasteiger partial charge >= 0.3 is 0 Å². The second-order valence-electron chi connectivity index (χ2n) is 8.85. The average molecular weight is 469 g/mol. The molecular formula is C29H28N2O4. The van der Waals surface area contributed by atoms with Gasteiger partial charge in [-0.2, -0.15) is 0 Å². The van der Waals surface area contributed by atoms with Gasteiger partial charge in [-0.1, -0.05) is 54.6 Å². The second kappa shape index (κ2) is 9.86. The molecule has 0 N–H and O–H groups in total. The van der Waals surface area contributed by atoms with Gasteiger partial charge in [0.25, 0.3) is 5.91 Å². The number of hydrogen-bond donors (Lipinski definition) is 0. The minimum Gasteiger partial charge on any atom is -0.497 e. The van der Waals surface area contributed by atoms with Gasteiger partial charge in [-0.05, 0) is 47.5 Å². The highest BCUT2D eigenvalue weighted by Gasteiger charge is 2.54. The molecule has 1 spiro atoms. The molecule has 6 nitrogen and oxygen atoms in total. The first-order valence-corrected chi connectivity index (χ1v) is 11.7. The number of carbonyl (C=O) groups excluding carboxylic acids is 2. The first kappa shape index (κ1) is 23.0. The maximum atomic E-state index is 13.8. The van der Waals surface area contributed by atoms with Crippen molar-refractivity contribution in [1.29, 1.82) is 0 Å². The monoisotopic (exact) mass is 468 g/mol. The number of nitrogens with zero attached hydrogens (tertiary/aromatic N) is 2. The molecule has 5 rings (SSSR count). The predicted molar refractivity (Wildman–Crippen MR) is 134 cm³/mol. The lowest BCUT2D eigenvalue weighted by Gasteiger charge is -2.49. The van der Waals surface area contributed by atoms with Gasteiger partial charge in [0.15, 0.2) is 5.78 Å². The summed E-state index contributed by atoms with van der Waals surface area (Å²) in [6, 6.07) is 24.7. The van der Waals surface area contributed by atoms with Crippen molar-refractivity contribution < 1.29 is 19.1 Å².